The molecule has 0 saturated carbocycles. The molecular formula is C47H36N2. The molecule has 0 N–H and O–H groups in total. The highest BCUT2D eigenvalue weighted by Gasteiger charge is 2.24. The van der Waals surface area contributed by atoms with Crippen molar-refractivity contribution in [3.63, 3.8) is 0 Å². The third-order valence-corrected chi connectivity index (χ3v) is 9.98. The molecule has 0 spiro atoms. The van der Waals surface area contributed by atoms with Crippen LogP contribution in [0.3, 0.4) is 0 Å². The van der Waals surface area contributed by atoms with Gasteiger partial charge in [-0.3, -0.25) is 0 Å². The highest BCUT2D eigenvalue weighted by molar-refractivity contribution is 6.17. The molecule has 2 heteroatoms. The van der Waals surface area contributed by atoms with E-state index in [1.807, 2.05) is 0 Å². The van der Waals surface area contributed by atoms with Crippen LogP contribution in [-0.4, -0.2) is 4.57 Å². The van der Waals surface area contributed by atoms with Gasteiger partial charge in [0.1, 0.15) is 0 Å². The Kier molecular flexibility index (Phi) is 7.21. The average Bonchev–Trinajstić information content (AvgIpc) is 3.51. The molecule has 1 heterocycles. The van der Waals surface area contributed by atoms with Crippen molar-refractivity contribution >= 4 is 44.9 Å². The topological polar surface area (TPSA) is 8.17 Å². The highest BCUT2D eigenvalue weighted by atomic mass is 15.1. The summed E-state index contributed by atoms with van der Waals surface area (Å²) < 4.78 is 2.50. The van der Waals surface area contributed by atoms with E-state index in [9.17, 15) is 0 Å². The van der Waals surface area contributed by atoms with Crippen molar-refractivity contribution in [1.82, 2.24) is 4.57 Å². The molecule has 1 atom stereocenters. The zero-order valence-corrected chi connectivity index (χ0v) is 27.5. The summed E-state index contributed by atoms with van der Waals surface area (Å²) in [6, 6.07) is 61.5. The Hall–Kier alpha value is -6.12. The van der Waals surface area contributed by atoms with Crippen molar-refractivity contribution in [1.29, 1.82) is 0 Å². The van der Waals surface area contributed by atoms with Gasteiger partial charge >= 0.3 is 0 Å². The number of allylic oxidation sites excluding steroid dienone is 1. The van der Waals surface area contributed by atoms with Gasteiger partial charge in [-0.05, 0) is 88.7 Å². The van der Waals surface area contributed by atoms with Gasteiger partial charge in [0, 0.05) is 33.4 Å². The fourth-order valence-corrected chi connectivity index (χ4v) is 7.81. The Labute approximate surface area is 287 Å². The van der Waals surface area contributed by atoms with E-state index in [0.717, 1.165) is 23.5 Å². The van der Waals surface area contributed by atoms with Gasteiger partial charge < -0.3 is 9.47 Å². The minimum Gasteiger partial charge on any atom is -0.310 e. The van der Waals surface area contributed by atoms with Gasteiger partial charge in [0.25, 0.3) is 0 Å². The lowest BCUT2D eigenvalue weighted by Crippen LogP contribution is -2.11. The molecule has 0 fully saturated rings. The summed E-state index contributed by atoms with van der Waals surface area (Å²) in [7, 11) is 0. The van der Waals surface area contributed by atoms with Crippen molar-refractivity contribution in [3.05, 3.63) is 187 Å². The fraction of sp³-hybridized carbons (Fsp3) is 0.0638. The van der Waals surface area contributed by atoms with Gasteiger partial charge in [0.15, 0.2) is 0 Å². The van der Waals surface area contributed by atoms with Gasteiger partial charge in [-0.1, -0.05) is 140 Å². The first-order chi connectivity index (χ1) is 24.3. The van der Waals surface area contributed by atoms with Crippen molar-refractivity contribution < 1.29 is 0 Å². The molecule has 0 amide bonds. The predicted octanol–water partition coefficient (Wildman–Crippen LogP) is 13.1. The van der Waals surface area contributed by atoms with E-state index in [4.69, 9.17) is 0 Å². The Balaban J connectivity index is 1.29. The molecule has 8 aromatic rings. The number of fused-ring (bicyclic) bond motifs is 5. The summed E-state index contributed by atoms with van der Waals surface area (Å²) in [4.78, 5) is 2.39. The first kappa shape index (κ1) is 29.1. The van der Waals surface area contributed by atoms with E-state index in [1.54, 1.807) is 0 Å². The molecule has 1 aromatic heterocycles. The van der Waals surface area contributed by atoms with Gasteiger partial charge in [-0.25, -0.2) is 0 Å². The molecule has 2 nitrogen and oxygen atoms in total. The lowest BCUT2D eigenvalue weighted by molar-refractivity contribution is 0.775. The monoisotopic (exact) mass is 628 g/mol. The minimum absolute atomic E-state index is 0.436. The number of anilines is 3. The Morgan fingerprint density at radius 2 is 1.22 bits per heavy atom. The lowest BCUT2D eigenvalue weighted by atomic mass is 9.86. The first-order valence-electron chi connectivity index (χ1n) is 17.2. The smallest absolute Gasteiger partial charge is 0.0582 e. The fourth-order valence-electron chi connectivity index (χ4n) is 7.81. The quantitative estimate of drug-likeness (QED) is 0.178. The standard InChI is InChI=1S/C47H36N2/c1-33-16-13-19-35-30-31-42-46-41(27-15-29-44(46)49(47(42)45(33)35)38-23-9-4-10-24-38)36-20-14-25-39(32-36)48(37-21-7-3-8-22-37)43-28-12-11-26-40(43)34-17-5-2-6-18-34/h2-15,17-33H,16H2,1H3. The SMILES string of the molecule is CC1CC=Cc2ccc3c4c(-c5cccc(N(c6ccccc6)c6ccccc6-c6ccccc6)c5)cccc4n(-c4ccccc4)c3c21. The van der Waals surface area contributed by atoms with Gasteiger partial charge in [0.2, 0.25) is 0 Å². The van der Waals surface area contributed by atoms with Crippen LogP contribution in [0.1, 0.15) is 30.4 Å². The molecule has 0 aliphatic heterocycles. The second-order valence-electron chi connectivity index (χ2n) is 13.0. The normalized spacial score (nSPS) is 13.9. The van der Waals surface area contributed by atoms with Crippen LogP contribution < -0.4 is 4.90 Å². The maximum atomic E-state index is 2.50. The van der Waals surface area contributed by atoms with E-state index >= 15 is 0 Å². The lowest BCUT2D eigenvalue weighted by Gasteiger charge is -2.28. The number of rotatable bonds is 6. The zero-order chi connectivity index (χ0) is 32.7. The number of para-hydroxylation sites is 3. The molecule has 1 unspecified atom stereocenters. The Bertz CT molecular complexity index is 2470. The van der Waals surface area contributed by atoms with Crippen LogP contribution in [0.25, 0.3) is 55.8 Å². The summed E-state index contributed by atoms with van der Waals surface area (Å²) in [5.41, 5.74) is 14.7. The molecule has 0 saturated heterocycles. The summed E-state index contributed by atoms with van der Waals surface area (Å²) in [5.74, 6) is 0.436. The average molecular weight is 629 g/mol. The summed E-state index contributed by atoms with van der Waals surface area (Å²) >= 11 is 0. The van der Waals surface area contributed by atoms with Crippen LogP contribution in [-0.2, 0) is 0 Å². The van der Waals surface area contributed by atoms with Crippen LogP contribution in [0.2, 0.25) is 0 Å². The molecule has 9 rings (SSSR count). The summed E-state index contributed by atoms with van der Waals surface area (Å²) in [5, 5.41) is 2.59. The number of aromatic nitrogens is 1. The van der Waals surface area contributed by atoms with Crippen LogP contribution >= 0.6 is 0 Å². The van der Waals surface area contributed by atoms with E-state index in [0.29, 0.717) is 5.92 Å². The minimum atomic E-state index is 0.436. The molecule has 234 valence electrons. The predicted molar refractivity (Wildman–Crippen MR) is 208 cm³/mol. The van der Waals surface area contributed by atoms with Crippen LogP contribution in [0.5, 0.6) is 0 Å². The molecule has 7 aromatic carbocycles. The number of hydrogen-bond donors (Lipinski definition) is 0. The van der Waals surface area contributed by atoms with E-state index in [-0.39, 0.29) is 0 Å². The van der Waals surface area contributed by atoms with E-state index in [2.05, 4.69) is 198 Å². The van der Waals surface area contributed by atoms with Crippen LogP contribution in [0.15, 0.2) is 176 Å². The summed E-state index contributed by atoms with van der Waals surface area (Å²) in [6.07, 6.45) is 5.68. The molecule has 1 aliphatic carbocycles. The second kappa shape index (κ2) is 12.2. The van der Waals surface area contributed by atoms with Gasteiger partial charge in [-0.15, -0.1) is 0 Å². The Morgan fingerprint density at radius 3 is 2.04 bits per heavy atom. The summed E-state index contributed by atoms with van der Waals surface area (Å²) in [6.45, 7) is 2.37. The third-order valence-electron chi connectivity index (χ3n) is 9.98. The molecule has 49 heavy (non-hydrogen) atoms. The highest BCUT2D eigenvalue weighted by Crippen LogP contribution is 2.46. The van der Waals surface area contributed by atoms with Crippen LogP contribution in [0.4, 0.5) is 17.1 Å². The van der Waals surface area contributed by atoms with Crippen molar-refractivity contribution in [3.8, 4) is 27.9 Å². The van der Waals surface area contributed by atoms with Gasteiger partial charge in [0.05, 0.1) is 16.7 Å². The maximum absolute atomic E-state index is 2.50. The molecule has 0 radical (unpaired) electrons. The van der Waals surface area contributed by atoms with Crippen molar-refractivity contribution in [2.45, 2.75) is 19.3 Å². The number of benzene rings is 7. The molecule has 0 bridgehead atoms. The molecule has 1 aliphatic rings. The van der Waals surface area contributed by atoms with E-state index < -0.39 is 0 Å². The zero-order valence-electron chi connectivity index (χ0n) is 27.5. The van der Waals surface area contributed by atoms with Crippen molar-refractivity contribution in [2.24, 2.45) is 0 Å². The van der Waals surface area contributed by atoms with Crippen molar-refractivity contribution in [2.75, 3.05) is 4.90 Å². The molecular weight excluding hydrogens is 593 g/mol. The van der Waals surface area contributed by atoms with Gasteiger partial charge in [-0.2, -0.15) is 0 Å². The second-order valence-corrected chi connectivity index (χ2v) is 13.0. The first-order valence-corrected chi connectivity index (χ1v) is 17.2. The number of hydrogen-bond acceptors (Lipinski definition) is 1. The third kappa shape index (κ3) is 4.96. The van der Waals surface area contributed by atoms with Crippen LogP contribution in [0, 0.1) is 0 Å². The number of nitrogens with zero attached hydrogens (tertiary/aromatic N) is 2. The van der Waals surface area contributed by atoms with E-state index in [1.165, 1.54) is 60.9 Å². The largest absolute Gasteiger partial charge is 0.310 e. The maximum Gasteiger partial charge on any atom is 0.0582 e. The Morgan fingerprint density at radius 1 is 0.571 bits per heavy atom.